The lowest BCUT2D eigenvalue weighted by Gasteiger charge is -2.08. The lowest BCUT2D eigenvalue weighted by molar-refractivity contribution is 0.760. The van der Waals surface area contributed by atoms with Crippen LogP contribution >= 0.6 is 23.8 Å². The lowest BCUT2D eigenvalue weighted by Crippen LogP contribution is -2.10. The highest BCUT2D eigenvalue weighted by molar-refractivity contribution is 7.80. The number of hydrogen-bond donors (Lipinski definition) is 2. The fraction of sp³-hybridized carbons (Fsp3) is 0.417. The molecule has 0 amide bonds. The molecule has 1 fully saturated rings. The van der Waals surface area contributed by atoms with Crippen molar-refractivity contribution in [3.63, 3.8) is 0 Å². The van der Waals surface area contributed by atoms with Crippen LogP contribution in [-0.2, 0) is 0 Å². The van der Waals surface area contributed by atoms with Gasteiger partial charge < -0.3 is 11.1 Å². The normalized spacial score (nSPS) is 14.8. The van der Waals surface area contributed by atoms with Crippen LogP contribution < -0.4 is 11.1 Å². The van der Waals surface area contributed by atoms with Crippen LogP contribution in [0.5, 0.6) is 0 Å². The van der Waals surface area contributed by atoms with E-state index < -0.39 is 0 Å². The minimum absolute atomic E-state index is 0.342. The molecule has 2 rings (SSSR count). The van der Waals surface area contributed by atoms with E-state index in [9.17, 15) is 0 Å². The van der Waals surface area contributed by atoms with Crippen molar-refractivity contribution in [2.75, 3.05) is 11.9 Å². The number of rotatable bonds is 5. The average Bonchev–Trinajstić information content (AvgIpc) is 3.01. The summed E-state index contributed by atoms with van der Waals surface area (Å²) in [4.78, 5) is 0.342. The summed E-state index contributed by atoms with van der Waals surface area (Å²) in [6.45, 7) is 1.01. The Hall–Kier alpha value is -0.800. The molecule has 0 atom stereocenters. The maximum Gasteiger partial charge on any atom is 0.105 e. The fourth-order valence-electron chi connectivity index (χ4n) is 1.65. The Bertz CT molecular complexity index is 402. The van der Waals surface area contributed by atoms with Gasteiger partial charge in [-0.25, -0.2) is 0 Å². The summed E-state index contributed by atoms with van der Waals surface area (Å²) >= 11 is 11.0. The van der Waals surface area contributed by atoms with Gasteiger partial charge in [0.15, 0.2) is 0 Å². The van der Waals surface area contributed by atoms with Crippen LogP contribution in [0.2, 0.25) is 5.02 Å². The molecule has 0 unspecified atom stereocenters. The number of nitrogens with two attached hydrogens (primary N) is 1. The van der Waals surface area contributed by atoms with E-state index in [0.717, 1.165) is 23.7 Å². The fourth-order valence-corrected chi connectivity index (χ4v) is 2.17. The van der Waals surface area contributed by atoms with Gasteiger partial charge in [-0.2, -0.15) is 0 Å². The van der Waals surface area contributed by atoms with E-state index in [4.69, 9.17) is 29.6 Å². The molecule has 1 aromatic carbocycles. The maximum atomic E-state index is 6.07. The summed E-state index contributed by atoms with van der Waals surface area (Å²) in [5, 5.41) is 3.97. The number of thiocarbonyl (C=S) groups is 1. The molecule has 0 saturated heterocycles. The zero-order valence-corrected chi connectivity index (χ0v) is 10.6. The van der Waals surface area contributed by atoms with Crippen LogP contribution in [0.3, 0.4) is 0 Å². The molecule has 0 aliphatic heterocycles. The van der Waals surface area contributed by atoms with Crippen molar-refractivity contribution in [3.8, 4) is 0 Å². The number of anilines is 1. The van der Waals surface area contributed by atoms with Crippen molar-refractivity contribution < 1.29 is 0 Å². The summed E-state index contributed by atoms with van der Waals surface area (Å²) in [6, 6.07) is 5.71. The Morgan fingerprint density at radius 1 is 1.50 bits per heavy atom. The van der Waals surface area contributed by atoms with E-state index in [1.807, 2.05) is 18.2 Å². The van der Waals surface area contributed by atoms with Gasteiger partial charge in [-0.3, -0.25) is 0 Å². The van der Waals surface area contributed by atoms with Gasteiger partial charge in [-0.05, 0) is 30.5 Å². The molecule has 1 aliphatic rings. The highest BCUT2D eigenvalue weighted by Crippen LogP contribution is 2.32. The Labute approximate surface area is 106 Å². The predicted octanol–water partition coefficient (Wildman–Crippen LogP) is 3.19. The summed E-state index contributed by atoms with van der Waals surface area (Å²) in [5.41, 5.74) is 7.31. The third kappa shape index (κ3) is 3.09. The molecular formula is C12H15ClN2S. The number of nitrogens with one attached hydrogen (secondary N) is 1. The second kappa shape index (κ2) is 5.02. The lowest BCUT2D eigenvalue weighted by atomic mass is 10.2. The van der Waals surface area contributed by atoms with Crippen LogP contribution in [0.25, 0.3) is 0 Å². The van der Waals surface area contributed by atoms with Crippen LogP contribution in [-0.4, -0.2) is 11.5 Å². The molecular weight excluding hydrogens is 240 g/mol. The molecule has 1 aliphatic carbocycles. The van der Waals surface area contributed by atoms with Crippen LogP contribution in [0.4, 0.5) is 5.69 Å². The van der Waals surface area contributed by atoms with E-state index in [-0.39, 0.29) is 0 Å². The molecule has 0 aromatic heterocycles. The van der Waals surface area contributed by atoms with E-state index in [1.54, 1.807) is 0 Å². The second-order valence-electron chi connectivity index (χ2n) is 4.22. The van der Waals surface area contributed by atoms with Gasteiger partial charge in [0.1, 0.15) is 4.99 Å². The van der Waals surface area contributed by atoms with Gasteiger partial charge in [-0.15, -0.1) is 0 Å². The number of hydrogen-bond acceptors (Lipinski definition) is 2. The Morgan fingerprint density at radius 3 is 2.81 bits per heavy atom. The molecule has 4 heteroatoms. The van der Waals surface area contributed by atoms with Crippen molar-refractivity contribution >= 4 is 34.5 Å². The molecule has 16 heavy (non-hydrogen) atoms. The summed E-state index contributed by atoms with van der Waals surface area (Å²) in [5.74, 6) is 0.943. The SMILES string of the molecule is NC(=S)c1ccc(NCCC2CC2)cc1Cl. The van der Waals surface area contributed by atoms with Crippen molar-refractivity contribution in [3.05, 3.63) is 28.8 Å². The minimum Gasteiger partial charge on any atom is -0.389 e. The van der Waals surface area contributed by atoms with Crippen molar-refractivity contribution in [1.82, 2.24) is 0 Å². The highest BCUT2D eigenvalue weighted by Gasteiger charge is 2.20. The third-order valence-corrected chi connectivity index (χ3v) is 3.35. The first-order valence-corrected chi connectivity index (χ1v) is 6.28. The molecule has 0 radical (unpaired) electrons. The van der Waals surface area contributed by atoms with Gasteiger partial charge >= 0.3 is 0 Å². The number of benzene rings is 1. The highest BCUT2D eigenvalue weighted by atomic mass is 35.5. The molecule has 0 bridgehead atoms. The van der Waals surface area contributed by atoms with Crippen molar-refractivity contribution in [2.24, 2.45) is 11.7 Å². The first-order chi connectivity index (χ1) is 7.66. The van der Waals surface area contributed by atoms with Crippen LogP contribution in [0.1, 0.15) is 24.8 Å². The summed E-state index contributed by atoms with van der Waals surface area (Å²) in [7, 11) is 0. The van der Waals surface area contributed by atoms with E-state index in [2.05, 4.69) is 5.32 Å². The minimum atomic E-state index is 0.342. The first-order valence-electron chi connectivity index (χ1n) is 5.50. The van der Waals surface area contributed by atoms with Gasteiger partial charge in [0.05, 0.1) is 5.02 Å². The van der Waals surface area contributed by atoms with Gasteiger partial charge in [0.2, 0.25) is 0 Å². The smallest absolute Gasteiger partial charge is 0.105 e. The molecule has 0 heterocycles. The van der Waals surface area contributed by atoms with E-state index >= 15 is 0 Å². The van der Waals surface area contributed by atoms with Gasteiger partial charge in [0.25, 0.3) is 0 Å². The molecule has 1 saturated carbocycles. The topological polar surface area (TPSA) is 38.0 Å². The quantitative estimate of drug-likeness (QED) is 0.793. The Morgan fingerprint density at radius 2 is 2.25 bits per heavy atom. The van der Waals surface area contributed by atoms with Crippen LogP contribution in [0.15, 0.2) is 18.2 Å². The van der Waals surface area contributed by atoms with E-state index in [0.29, 0.717) is 10.0 Å². The summed E-state index contributed by atoms with van der Waals surface area (Å²) < 4.78 is 0. The van der Waals surface area contributed by atoms with Gasteiger partial charge in [-0.1, -0.05) is 36.7 Å². The van der Waals surface area contributed by atoms with E-state index in [1.165, 1.54) is 19.3 Å². The molecule has 1 aromatic rings. The Kier molecular flexibility index (Phi) is 3.66. The maximum absolute atomic E-state index is 6.07. The number of halogens is 1. The largest absolute Gasteiger partial charge is 0.389 e. The monoisotopic (exact) mass is 254 g/mol. The molecule has 3 N–H and O–H groups in total. The molecule has 2 nitrogen and oxygen atoms in total. The zero-order chi connectivity index (χ0) is 11.5. The zero-order valence-electron chi connectivity index (χ0n) is 9.00. The van der Waals surface area contributed by atoms with Crippen molar-refractivity contribution in [1.29, 1.82) is 0 Å². The average molecular weight is 255 g/mol. The van der Waals surface area contributed by atoms with Crippen molar-refractivity contribution in [2.45, 2.75) is 19.3 Å². The molecule has 0 spiro atoms. The second-order valence-corrected chi connectivity index (χ2v) is 5.06. The first kappa shape index (κ1) is 11.7. The standard InChI is InChI=1S/C12H15ClN2S/c13-11-7-9(3-4-10(11)12(14)16)15-6-5-8-1-2-8/h3-4,7-8,15H,1-2,5-6H2,(H2,14,16). The van der Waals surface area contributed by atoms with Crippen LogP contribution in [0, 0.1) is 5.92 Å². The Balaban J connectivity index is 1.93. The van der Waals surface area contributed by atoms with Gasteiger partial charge in [0, 0.05) is 17.8 Å². The summed E-state index contributed by atoms with van der Waals surface area (Å²) in [6.07, 6.45) is 4.03. The predicted molar refractivity (Wildman–Crippen MR) is 73.2 cm³/mol. The third-order valence-electron chi connectivity index (χ3n) is 2.81. The molecule has 86 valence electrons.